The van der Waals surface area contributed by atoms with Gasteiger partial charge in [-0.3, -0.25) is 4.79 Å². The van der Waals surface area contributed by atoms with Crippen LogP contribution in [0, 0.1) is 11.3 Å². The van der Waals surface area contributed by atoms with Crippen LogP contribution in [-0.4, -0.2) is 60.1 Å². The molecule has 0 bridgehead atoms. The van der Waals surface area contributed by atoms with E-state index in [9.17, 15) is 20.0 Å². The van der Waals surface area contributed by atoms with Gasteiger partial charge in [-0.2, -0.15) is 10.4 Å². The van der Waals surface area contributed by atoms with E-state index in [1.54, 1.807) is 48.5 Å². The molecule has 0 atom stereocenters. The maximum absolute atomic E-state index is 12.8. The number of nitriles is 1. The first-order valence-electron chi connectivity index (χ1n) is 9.46. The van der Waals surface area contributed by atoms with Crippen LogP contribution < -0.4 is 10.8 Å². The number of anilines is 1. The number of hydrogen-bond donors (Lipinski definition) is 2. The van der Waals surface area contributed by atoms with Gasteiger partial charge in [0.15, 0.2) is 0 Å². The fourth-order valence-electron chi connectivity index (χ4n) is 3.00. The summed E-state index contributed by atoms with van der Waals surface area (Å²) in [6, 6.07) is 14.9. The first-order chi connectivity index (χ1) is 14.8. The van der Waals surface area contributed by atoms with Gasteiger partial charge in [-0.25, -0.2) is 9.48 Å². The van der Waals surface area contributed by atoms with E-state index in [1.807, 2.05) is 25.1 Å². The van der Waals surface area contributed by atoms with E-state index in [0.29, 0.717) is 35.2 Å². The number of hydrogen-bond acceptors (Lipinski definition) is 5. The zero-order valence-corrected chi connectivity index (χ0v) is 17.2. The first-order valence-corrected chi connectivity index (χ1v) is 9.46. The van der Waals surface area contributed by atoms with Gasteiger partial charge in [0.2, 0.25) is 0 Å². The van der Waals surface area contributed by atoms with Gasteiger partial charge in [0.1, 0.15) is 24.9 Å². The Labute approximate surface area is 181 Å². The van der Waals surface area contributed by atoms with Crippen molar-refractivity contribution < 1.29 is 14.7 Å². The number of carbonyl (C=O) groups excluding carboxylic acids is 1. The summed E-state index contributed by atoms with van der Waals surface area (Å²) in [6.45, 7) is 0.922. The minimum atomic E-state index is -1.24. The lowest BCUT2D eigenvalue weighted by Gasteiger charge is -2.13. The van der Waals surface area contributed by atoms with Gasteiger partial charge >= 0.3 is 5.97 Å². The molecular weight excluding hydrogens is 393 g/mol. The maximum Gasteiger partial charge on any atom is 0.341 e. The fourth-order valence-corrected chi connectivity index (χ4v) is 3.00. The third-order valence-corrected chi connectivity index (χ3v) is 4.60. The number of amides is 1. The third kappa shape index (κ3) is 5.00. The van der Waals surface area contributed by atoms with Crippen molar-refractivity contribution in [1.29, 1.82) is 5.26 Å². The largest absolute Gasteiger partial charge is 0.477 e. The van der Waals surface area contributed by atoms with Crippen molar-refractivity contribution in [2.75, 3.05) is 26.0 Å². The Kier molecular flexibility index (Phi) is 6.53. The van der Waals surface area contributed by atoms with Crippen molar-refractivity contribution in [3.8, 4) is 17.3 Å². The zero-order valence-electron chi connectivity index (χ0n) is 17.2. The average molecular weight is 413 g/mol. The lowest BCUT2D eigenvalue weighted by molar-refractivity contribution is 0.0698. The predicted octanol–water partition coefficient (Wildman–Crippen LogP) is 1.73. The van der Waals surface area contributed by atoms with Crippen LogP contribution in [0.3, 0.4) is 0 Å². The second-order valence-electron chi connectivity index (χ2n) is 7.17. The molecule has 31 heavy (non-hydrogen) atoms. The van der Waals surface area contributed by atoms with Crippen molar-refractivity contribution in [2.45, 2.75) is 6.54 Å². The topological polar surface area (TPSA) is 111 Å². The van der Waals surface area contributed by atoms with Gasteiger partial charge in [0, 0.05) is 17.7 Å². The van der Waals surface area contributed by atoms with Crippen molar-refractivity contribution in [3.63, 3.8) is 0 Å². The molecule has 1 aromatic heterocycles. The van der Waals surface area contributed by atoms with Crippen LogP contribution in [0.25, 0.3) is 11.3 Å². The number of benzene rings is 2. The summed E-state index contributed by atoms with van der Waals surface area (Å²) >= 11 is 0. The number of aromatic nitrogens is 2. The van der Waals surface area contributed by atoms with Crippen LogP contribution in [0.1, 0.15) is 26.3 Å². The highest BCUT2D eigenvalue weighted by atomic mass is 16.4. The summed E-state index contributed by atoms with van der Waals surface area (Å²) in [7, 11) is 9.44. The summed E-state index contributed by atoms with van der Waals surface area (Å²) in [4.78, 5) is 26.9. The Morgan fingerprint density at radius 1 is 1.23 bits per heavy atom. The normalized spacial score (nSPS) is 10.6. The summed E-state index contributed by atoms with van der Waals surface area (Å²) in [6.07, 6.45) is 0. The van der Waals surface area contributed by atoms with Gasteiger partial charge in [-0.05, 0) is 26.2 Å². The van der Waals surface area contributed by atoms with Crippen molar-refractivity contribution >= 4 is 31.0 Å². The van der Waals surface area contributed by atoms with Crippen LogP contribution in [-0.2, 0) is 6.54 Å². The van der Waals surface area contributed by atoms with Crippen LogP contribution in [0.2, 0.25) is 0 Å². The highest BCUT2D eigenvalue weighted by Gasteiger charge is 2.26. The number of likely N-dealkylation sites (N-methyl/N-ethyl adjacent to an activating group) is 1. The smallest absolute Gasteiger partial charge is 0.341 e. The Bertz CT molecular complexity index is 1160. The number of nitrogens with zero attached hydrogens (tertiary/aromatic N) is 4. The van der Waals surface area contributed by atoms with Crippen molar-refractivity contribution in [1.82, 2.24) is 14.7 Å². The molecule has 0 unspecified atom stereocenters. The Morgan fingerprint density at radius 3 is 2.55 bits per heavy atom. The standard InChI is InChI=1S/C22H20BN5O3/c1-27(2)10-11-28-20(25-21(29)15-6-8-17(23)9-7-15)18(22(30)31)19(26-28)16-5-3-4-14(12-16)13-24/h3-9,12H,10-11H2,1-2H3,(H,25,29)(H,30,31). The van der Waals surface area contributed by atoms with Gasteiger partial charge in [-0.15, -0.1) is 0 Å². The first kappa shape index (κ1) is 21.8. The molecule has 2 N–H and O–H groups in total. The molecule has 0 saturated carbocycles. The molecule has 0 aliphatic rings. The van der Waals surface area contributed by atoms with Crippen LogP contribution in [0.4, 0.5) is 5.82 Å². The van der Waals surface area contributed by atoms with E-state index in [4.69, 9.17) is 7.85 Å². The van der Waals surface area contributed by atoms with E-state index >= 15 is 0 Å². The second kappa shape index (κ2) is 9.28. The molecule has 1 amide bonds. The van der Waals surface area contributed by atoms with E-state index in [0.717, 1.165) is 0 Å². The van der Waals surface area contributed by atoms with Gasteiger partial charge < -0.3 is 15.3 Å². The average Bonchev–Trinajstić information content (AvgIpc) is 3.11. The minimum absolute atomic E-state index is 0.0773. The molecule has 0 fully saturated rings. The Hall–Kier alpha value is -3.90. The molecule has 3 aromatic rings. The van der Waals surface area contributed by atoms with Gasteiger partial charge in [-0.1, -0.05) is 41.9 Å². The van der Waals surface area contributed by atoms with E-state index in [-0.39, 0.29) is 17.1 Å². The Morgan fingerprint density at radius 2 is 1.94 bits per heavy atom. The summed E-state index contributed by atoms with van der Waals surface area (Å²) in [5.74, 6) is -1.64. The molecule has 2 radical (unpaired) electrons. The quantitative estimate of drug-likeness (QED) is 0.571. The van der Waals surface area contributed by atoms with Crippen LogP contribution in [0.15, 0.2) is 48.5 Å². The second-order valence-corrected chi connectivity index (χ2v) is 7.17. The van der Waals surface area contributed by atoms with E-state index in [1.165, 1.54) is 4.68 Å². The molecule has 2 aromatic carbocycles. The third-order valence-electron chi connectivity index (χ3n) is 4.60. The van der Waals surface area contributed by atoms with Gasteiger partial charge in [0.05, 0.1) is 18.2 Å². The van der Waals surface area contributed by atoms with Crippen molar-refractivity contribution in [3.05, 3.63) is 65.2 Å². The Balaban J connectivity index is 2.11. The monoisotopic (exact) mass is 413 g/mol. The molecule has 0 saturated heterocycles. The fraction of sp³-hybridized carbons (Fsp3) is 0.182. The number of carboxylic acid groups (broad SMARTS) is 1. The number of carbonyl (C=O) groups is 2. The lowest BCUT2D eigenvalue weighted by Crippen LogP contribution is -2.23. The molecule has 0 aliphatic heterocycles. The molecule has 8 nitrogen and oxygen atoms in total. The molecule has 3 rings (SSSR count). The molecule has 0 spiro atoms. The predicted molar refractivity (Wildman–Crippen MR) is 118 cm³/mol. The number of nitrogens with one attached hydrogen (secondary N) is 1. The zero-order chi connectivity index (χ0) is 22.5. The SMILES string of the molecule is [B]c1ccc(C(=O)Nc2c(C(=O)O)c(-c3cccc(C#N)c3)nn2CCN(C)C)cc1. The summed E-state index contributed by atoms with van der Waals surface area (Å²) < 4.78 is 1.47. The molecule has 9 heteroatoms. The van der Waals surface area contributed by atoms with Gasteiger partial charge in [0.25, 0.3) is 5.91 Å². The molecule has 154 valence electrons. The van der Waals surface area contributed by atoms with Crippen LogP contribution in [0.5, 0.6) is 0 Å². The molecule has 1 heterocycles. The maximum atomic E-state index is 12.8. The van der Waals surface area contributed by atoms with Crippen LogP contribution >= 0.6 is 0 Å². The summed E-state index contributed by atoms with van der Waals surface area (Å²) in [5.41, 5.74) is 1.73. The molecule has 0 aliphatic carbocycles. The highest BCUT2D eigenvalue weighted by Crippen LogP contribution is 2.30. The number of carboxylic acids is 1. The van der Waals surface area contributed by atoms with E-state index < -0.39 is 11.9 Å². The highest BCUT2D eigenvalue weighted by molar-refractivity contribution is 6.32. The van der Waals surface area contributed by atoms with E-state index in [2.05, 4.69) is 10.4 Å². The number of rotatable bonds is 7. The minimum Gasteiger partial charge on any atom is -0.477 e. The van der Waals surface area contributed by atoms with Crippen molar-refractivity contribution in [2.24, 2.45) is 0 Å². The number of aromatic carboxylic acids is 1. The molecular formula is C22H20BN5O3. The lowest BCUT2D eigenvalue weighted by atomic mass is 9.95. The summed E-state index contributed by atoms with van der Waals surface area (Å²) in [5, 5.41) is 26.3.